The molecule has 2 unspecified atom stereocenters. The standard InChI is InChI=1S/C11H22N2O/c1-4-9-5-10(12)7-13(6-9)11(14)8(2)3/h8-10H,4-7,12H2,1-3H3. The van der Waals surface area contributed by atoms with Crippen molar-refractivity contribution >= 4 is 5.91 Å². The van der Waals surface area contributed by atoms with E-state index in [-0.39, 0.29) is 17.9 Å². The summed E-state index contributed by atoms with van der Waals surface area (Å²) < 4.78 is 0. The Balaban J connectivity index is 2.57. The van der Waals surface area contributed by atoms with Gasteiger partial charge in [0.05, 0.1) is 0 Å². The maximum atomic E-state index is 11.8. The molecule has 0 radical (unpaired) electrons. The number of carbonyl (C=O) groups is 1. The predicted octanol–water partition coefficient (Wildman–Crippen LogP) is 1.23. The van der Waals surface area contributed by atoms with Crippen molar-refractivity contribution in [3.05, 3.63) is 0 Å². The Kier molecular flexibility index (Phi) is 3.93. The van der Waals surface area contributed by atoms with Gasteiger partial charge in [-0.2, -0.15) is 0 Å². The third-order valence-electron chi connectivity index (χ3n) is 2.95. The minimum Gasteiger partial charge on any atom is -0.341 e. The van der Waals surface area contributed by atoms with Crippen molar-refractivity contribution in [3.63, 3.8) is 0 Å². The molecule has 1 amide bonds. The van der Waals surface area contributed by atoms with Gasteiger partial charge in [0, 0.05) is 25.0 Å². The smallest absolute Gasteiger partial charge is 0.225 e. The largest absolute Gasteiger partial charge is 0.341 e. The van der Waals surface area contributed by atoms with Crippen molar-refractivity contribution < 1.29 is 4.79 Å². The molecule has 0 saturated carbocycles. The fourth-order valence-corrected chi connectivity index (χ4v) is 2.09. The second-order valence-corrected chi connectivity index (χ2v) is 4.67. The van der Waals surface area contributed by atoms with Crippen LogP contribution in [0.5, 0.6) is 0 Å². The van der Waals surface area contributed by atoms with Gasteiger partial charge in [-0.25, -0.2) is 0 Å². The molecular formula is C11H22N2O. The lowest BCUT2D eigenvalue weighted by molar-refractivity contribution is -0.136. The first-order valence-electron chi connectivity index (χ1n) is 5.59. The van der Waals surface area contributed by atoms with Crippen LogP contribution < -0.4 is 5.73 Å². The first kappa shape index (κ1) is 11.5. The van der Waals surface area contributed by atoms with E-state index in [1.807, 2.05) is 18.7 Å². The van der Waals surface area contributed by atoms with Crippen LogP contribution in [0.2, 0.25) is 0 Å². The molecule has 0 aliphatic carbocycles. The SMILES string of the molecule is CCC1CC(N)CN(C(=O)C(C)C)C1. The van der Waals surface area contributed by atoms with Crippen LogP contribution in [-0.2, 0) is 4.79 Å². The summed E-state index contributed by atoms with van der Waals surface area (Å²) in [5.41, 5.74) is 5.94. The average Bonchev–Trinajstić information content (AvgIpc) is 2.15. The molecule has 1 aliphatic heterocycles. The van der Waals surface area contributed by atoms with Crippen LogP contribution in [0.3, 0.4) is 0 Å². The van der Waals surface area contributed by atoms with Crippen molar-refractivity contribution in [2.24, 2.45) is 17.6 Å². The second-order valence-electron chi connectivity index (χ2n) is 4.67. The lowest BCUT2D eigenvalue weighted by Crippen LogP contribution is -2.50. The maximum Gasteiger partial charge on any atom is 0.225 e. The lowest BCUT2D eigenvalue weighted by atomic mass is 9.92. The van der Waals surface area contributed by atoms with Crippen LogP contribution in [0.25, 0.3) is 0 Å². The van der Waals surface area contributed by atoms with E-state index in [0.717, 1.165) is 25.9 Å². The monoisotopic (exact) mass is 198 g/mol. The second kappa shape index (κ2) is 4.78. The molecule has 0 aromatic rings. The van der Waals surface area contributed by atoms with Crippen LogP contribution in [-0.4, -0.2) is 29.9 Å². The van der Waals surface area contributed by atoms with Crippen LogP contribution in [0.1, 0.15) is 33.6 Å². The van der Waals surface area contributed by atoms with Gasteiger partial charge in [-0.15, -0.1) is 0 Å². The highest BCUT2D eigenvalue weighted by molar-refractivity contribution is 5.78. The van der Waals surface area contributed by atoms with Gasteiger partial charge in [0.2, 0.25) is 5.91 Å². The summed E-state index contributed by atoms with van der Waals surface area (Å²) >= 11 is 0. The fraction of sp³-hybridized carbons (Fsp3) is 0.909. The van der Waals surface area contributed by atoms with E-state index < -0.39 is 0 Å². The predicted molar refractivity (Wildman–Crippen MR) is 57.8 cm³/mol. The minimum absolute atomic E-state index is 0.0952. The van der Waals surface area contributed by atoms with E-state index in [1.165, 1.54) is 0 Å². The molecule has 1 fully saturated rings. The zero-order chi connectivity index (χ0) is 10.7. The number of hydrogen-bond donors (Lipinski definition) is 1. The quantitative estimate of drug-likeness (QED) is 0.725. The highest BCUT2D eigenvalue weighted by Crippen LogP contribution is 2.19. The van der Waals surface area contributed by atoms with Gasteiger partial charge < -0.3 is 10.6 Å². The summed E-state index contributed by atoms with van der Waals surface area (Å²) in [6.07, 6.45) is 2.19. The zero-order valence-corrected chi connectivity index (χ0v) is 9.49. The average molecular weight is 198 g/mol. The summed E-state index contributed by atoms with van der Waals surface area (Å²) in [7, 11) is 0. The molecule has 1 heterocycles. The first-order chi connectivity index (χ1) is 6.54. The number of amides is 1. The molecule has 1 aliphatic rings. The van der Waals surface area contributed by atoms with E-state index >= 15 is 0 Å². The van der Waals surface area contributed by atoms with E-state index in [9.17, 15) is 4.79 Å². The number of likely N-dealkylation sites (tertiary alicyclic amines) is 1. The van der Waals surface area contributed by atoms with Gasteiger partial charge >= 0.3 is 0 Å². The van der Waals surface area contributed by atoms with Gasteiger partial charge in [-0.1, -0.05) is 27.2 Å². The molecule has 2 atom stereocenters. The van der Waals surface area contributed by atoms with Crippen molar-refractivity contribution in [1.29, 1.82) is 0 Å². The number of hydrogen-bond acceptors (Lipinski definition) is 2. The van der Waals surface area contributed by atoms with Gasteiger partial charge in [0.25, 0.3) is 0 Å². The number of rotatable bonds is 2. The molecule has 0 spiro atoms. The van der Waals surface area contributed by atoms with Crippen molar-refractivity contribution in [2.75, 3.05) is 13.1 Å². The number of piperidine rings is 1. The summed E-state index contributed by atoms with van der Waals surface area (Å²) in [6.45, 7) is 7.71. The molecule has 82 valence electrons. The Bertz CT molecular complexity index is 203. The lowest BCUT2D eigenvalue weighted by Gasteiger charge is -2.36. The number of nitrogens with zero attached hydrogens (tertiary/aromatic N) is 1. The summed E-state index contributed by atoms with van der Waals surface area (Å²) in [5, 5.41) is 0. The molecule has 2 N–H and O–H groups in total. The van der Waals surface area contributed by atoms with Gasteiger partial charge in [0.1, 0.15) is 0 Å². The Hall–Kier alpha value is -0.570. The Morgan fingerprint density at radius 3 is 2.64 bits per heavy atom. The van der Waals surface area contributed by atoms with Crippen molar-refractivity contribution in [3.8, 4) is 0 Å². The minimum atomic E-state index is 0.0952. The van der Waals surface area contributed by atoms with Crippen LogP contribution >= 0.6 is 0 Å². The molecule has 0 aromatic carbocycles. The third-order valence-corrected chi connectivity index (χ3v) is 2.95. The van der Waals surface area contributed by atoms with Gasteiger partial charge in [-0.3, -0.25) is 4.79 Å². The summed E-state index contributed by atoms with van der Waals surface area (Å²) in [4.78, 5) is 13.7. The normalized spacial score (nSPS) is 28.2. The highest BCUT2D eigenvalue weighted by Gasteiger charge is 2.27. The van der Waals surface area contributed by atoms with Crippen LogP contribution in [0.4, 0.5) is 0 Å². The Morgan fingerprint density at radius 1 is 1.50 bits per heavy atom. The summed E-state index contributed by atoms with van der Waals surface area (Å²) in [5.74, 6) is 0.942. The summed E-state index contributed by atoms with van der Waals surface area (Å²) in [6, 6.07) is 0.177. The van der Waals surface area contributed by atoms with E-state index in [0.29, 0.717) is 5.92 Å². The Morgan fingerprint density at radius 2 is 2.14 bits per heavy atom. The van der Waals surface area contributed by atoms with E-state index in [2.05, 4.69) is 6.92 Å². The fourth-order valence-electron chi connectivity index (χ4n) is 2.09. The third kappa shape index (κ3) is 2.71. The molecule has 0 bridgehead atoms. The molecule has 3 heteroatoms. The molecule has 3 nitrogen and oxygen atoms in total. The van der Waals surface area contributed by atoms with Crippen LogP contribution in [0.15, 0.2) is 0 Å². The van der Waals surface area contributed by atoms with Crippen molar-refractivity contribution in [2.45, 2.75) is 39.7 Å². The molecule has 0 aromatic heterocycles. The topological polar surface area (TPSA) is 46.3 Å². The van der Waals surface area contributed by atoms with E-state index in [4.69, 9.17) is 5.73 Å². The van der Waals surface area contributed by atoms with Gasteiger partial charge in [-0.05, 0) is 12.3 Å². The highest BCUT2D eigenvalue weighted by atomic mass is 16.2. The van der Waals surface area contributed by atoms with E-state index in [1.54, 1.807) is 0 Å². The molecule has 1 saturated heterocycles. The maximum absolute atomic E-state index is 11.8. The first-order valence-corrected chi connectivity index (χ1v) is 5.59. The van der Waals surface area contributed by atoms with Crippen molar-refractivity contribution in [1.82, 2.24) is 4.90 Å². The zero-order valence-electron chi connectivity index (χ0n) is 9.49. The van der Waals surface area contributed by atoms with Crippen LogP contribution in [0, 0.1) is 11.8 Å². The Labute approximate surface area is 86.6 Å². The number of nitrogens with two attached hydrogens (primary N) is 1. The molecular weight excluding hydrogens is 176 g/mol. The van der Waals surface area contributed by atoms with Gasteiger partial charge in [0.15, 0.2) is 0 Å². The molecule has 1 rings (SSSR count). The number of carbonyl (C=O) groups excluding carboxylic acids is 1. The molecule has 14 heavy (non-hydrogen) atoms.